The summed E-state index contributed by atoms with van der Waals surface area (Å²) in [6, 6.07) is 8.64. The largest absolute Gasteiger partial charge is 0.454 e. The number of non-ortho nitro benzene ring substituents is 1. The van der Waals surface area contributed by atoms with Gasteiger partial charge in [0, 0.05) is 24.4 Å². The molecule has 0 atom stereocenters. The summed E-state index contributed by atoms with van der Waals surface area (Å²) in [6.07, 6.45) is 0. The van der Waals surface area contributed by atoms with Gasteiger partial charge in [0.25, 0.3) is 11.6 Å². The molecule has 3 N–H and O–H groups in total. The number of benzene rings is 2. The SMILES string of the molecule is Nc1ccc([N+](=O)[O-])cc1C(=O)OCC(=O)NCc1ccc2c(c1)OCO2. The third kappa shape index (κ3) is 4.24. The van der Waals surface area contributed by atoms with Crippen LogP contribution in [0.4, 0.5) is 11.4 Å². The quantitative estimate of drug-likeness (QED) is 0.334. The fourth-order valence-electron chi connectivity index (χ4n) is 2.35. The van der Waals surface area contributed by atoms with E-state index in [4.69, 9.17) is 19.9 Å². The van der Waals surface area contributed by atoms with Gasteiger partial charge in [0.2, 0.25) is 6.79 Å². The molecule has 0 radical (unpaired) electrons. The lowest BCUT2D eigenvalue weighted by Gasteiger charge is -2.08. The van der Waals surface area contributed by atoms with Crippen molar-refractivity contribution in [2.45, 2.75) is 6.54 Å². The number of amides is 1. The molecule has 2 aromatic rings. The monoisotopic (exact) mass is 373 g/mol. The Morgan fingerprint density at radius 1 is 1.19 bits per heavy atom. The highest BCUT2D eigenvalue weighted by molar-refractivity contribution is 5.96. The Morgan fingerprint density at radius 3 is 2.74 bits per heavy atom. The van der Waals surface area contributed by atoms with Gasteiger partial charge >= 0.3 is 5.97 Å². The standard InChI is InChI=1S/C17H15N3O7/c18-13-3-2-11(20(23)24)6-12(13)17(22)25-8-16(21)19-7-10-1-4-14-15(5-10)27-9-26-14/h1-6H,7-9,18H2,(H,19,21). The van der Waals surface area contributed by atoms with Crippen LogP contribution in [0.3, 0.4) is 0 Å². The van der Waals surface area contributed by atoms with E-state index in [0.717, 1.165) is 11.6 Å². The maximum absolute atomic E-state index is 12.0. The molecule has 1 amide bonds. The van der Waals surface area contributed by atoms with Crippen molar-refractivity contribution < 1.29 is 28.7 Å². The molecular weight excluding hydrogens is 358 g/mol. The molecule has 0 unspecified atom stereocenters. The van der Waals surface area contributed by atoms with Crippen LogP contribution in [0.2, 0.25) is 0 Å². The molecular formula is C17H15N3O7. The van der Waals surface area contributed by atoms with Crippen molar-refractivity contribution in [3.8, 4) is 11.5 Å². The van der Waals surface area contributed by atoms with Crippen molar-refractivity contribution in [1.29, 1.82) is 0 Å². The highest BCUT2D eigenvalue weighted by atomic mass is 16.7. The number of carbonyl (C=O) groups is 2. The number of anilines is 1. The van der Waals surface area contributed by atoms with Crippen LogP contribution in [0.15, 0.2) is 36.4 Å². The zero-order valence-corrected chi connectivity index (χ0v) is 14.0. The molecule has 140 valence electrons. The topological polar surface area (TPSA) is 143 Å². The zero-order valence-electron chi connectivity index (χ0n) is 14.0. The molecule has 27 heavy (non-hydrogen) atoms. The molecule has 0 spiro atoms. The predicted octanol–water partition coefficient (Wildman–Crippen LogP) is 1.38. The second-order valence-electron chi connectivity index (χ2n) is 5.57. The van der Waals surface area contributed by atoms with E-state index in [0.29, 0.717) is 11.5 Å². The van der Waals surface area contributed by atoms with Crippen molar-refractivity contribution in [3.63, 3.8) is 0 Å². The van der Waals surface area contributed by atoms with Crippen LogP contribution in [0.5, 0.6) is 11.5 Å². The third-order valence-corrected chi connectivity index (χ3v) is 3.73. The van der Waals surface area contributed by atoms with E-state index in [9.17, 15) is 19.7 Å². The fraction of sp³-hybridized carbons (Fsp3) is 0.176. The highest BCUT2D eigenvalue weighted by Gasteiger charge is 2.18. The first-order valence-corrected chi connectivity index (χ1v) is 7.80. The number of carbonyl (C=O) groups excluding carboxylic acids is 2. The predicted molar refractivity (Wildman–Crippen MR) is 92.2 cm³/mol. The molecule has 0 aromatic heterocycles. The summed E-state index contributed by atoms with van der Waals surface area (Å²) in [4.78, 5) is 34.0. The molecule has 0 saturated carbocycles. The van der Waals surface area contributed by atoms with E-state index in [1.807, 2.05) is 0 Å². The van der Waals surface area contributed by atoms with Gasteiger partial charge in [-0.2, -0.15) is 0 Å². The lowest BCUT2D eigenvalue weighted by atomic mass is 10.1. The number of nitrogens with zero attached hydrogens (tertiary/aromatic N) is 1. The molecule has 0 aliphatic carbocycles. The van der Waals surface area contributed by atoms with Crippen LogP contribution >= 0.6 is 0 Å². The number of fused-ring (bicyclic) bond motifs is 1. The van der Waals surface area contributed by atoms with Crippen LogP contribution in [-0.2, 0) is 16.1 Å². The summed E-state index contributed by atoms with van der Waals surface area (Å²) in [5.41, 5.74) is 5.95. The maximum Gasteiger partial charge on any atom is 0.341 e. The first kappa shape index (κ1) is 18.0. The van der Waals surface area contributed by atoms with Gasteiger partial charge in [0.1, 0.15) is 0 Å². The molecule has 2 aromatic carbocycles. The molecule has 3 rings (SSSR count). The zero-order chi connectivity index (χ0) is 19.4. The number of nitro groups is 1. The van der Waals surface area contributed by atoms with Gasteiger partial charge in [-0.05, 0) is 23.8 Å². The summed E-state index contributed by atoms with van der Waals surface area (Å²) in [5.74, 6) is -0.234. The van der Waals surface area contributed by atoms with E-state index in [1.54, 1.807) is 18.2 Å². The van der Waals surface area contributed by atoms with Crippen LogP contribution in [0.25, 0.3) is 0 Å². The number of hydrogen-bond donors (Lipinski definition) is 2. The number of nitrogen functional groups attached to an aromatic ring is 1. The summed E-state index contributed by atoms with van der Waals surface area (Å²) in [6.45, 7) is -0.195. The number of nitro benzene ring substituents is 1. The molecule has 10 nitrogen and oxygen atoms in total. The molecule has 10 heteroatoms. The maximum atomic E-state index is 12.0. The summed E-state index contributed by atoms with van der Waals surface area (Å²) >= 11 is 0. The van der Waals surface area contributed by atoms with Crippen LogP contribution in [0.1, 0.15) is 15.9 Å². The van der Waals surface area contributed by atoms with Crippen molar-refractivity contribution in [3.05, 3.63) is 57.6 Å². The number of hydrogen-bond acceptors (Lipinski definition) is 8. The summed E-state index contributed by atoms with van der Waals surface area (Å²) in [7, 11) is 0. The molecule has 0 bridgehead atoms. The third-order valence-electron chi connectivity index (χ3n) is 3.73. The number of nitrogens with two attached hydrogens (primary N) is 1. The Hall–Kier alpha value is -3.82. The van der Waals surface area contributed by atoms with Gasteiger partial charge in [-0.1, -0.05) is 6.07 Å². The molecule has 1 heterocycles. The molecule has 1 aliphatic heterocycles. The van der Waals surface area contributed by atoms with Crippen LogP contribution in [-0.4, -0.2) is 30.2 Å². The average molecular weight is 373 g/mol. The van der Waals surface area contributed by atoms with Gasteiger partial charge in [0.15, 0.2) is 18.1 Å². The lowest BCUT2D eigenvalue weighted by Crippen LogP contribution is -2.28. The van der Waals surface area contributed by atoms with Crippen LogP contribution in [0, 0.1) is 10.1 Å². The first-order chi connectivity index (χ1) is 12.9. The number of esters is 1. The second-order valence-corrected chi connectivity index (χ2v) is 5.57. The van der Waals surface area contributed by atoms with Crippen molar-refractivity contribution >= 4 is 23.3 Å². The Kier molecular flexibility index (Phi) is 5.06. The Morgan fingerprint density at radius 2 is 1.96 bits per heavy atom. The summed E-state index contributed by atoms with van der Waals surface area (Å²) < 4.78 is 15.3. The normalized spacial score (nSPS) is 11.7. The Labute approximate surface area is 153 Å². The lowest BCUT2D eigenvalue weighted by molar-refractivity contribution is -0.384. The second kappa shape index (κ2) is 7.60. The van der Waals surface area contributed by atoms with Crippen molar-refractivity contribution in [2.75, 3.05) is 19.1 Å². The minimum atomic E-state index is -0.922. The molecule has 0 saturated heterocycles. The summed E-state index contributed by atoms with van der Waals surface area (Å²) in [5, 5.41) is 13.4. The van der Waals surface area contributed by atoms with Crippen LogP contribution < -0.4 is 20.5 Å². The number of nitrogens with one attached hydrogen (secondary N) is 1. The molecule has 1 aliphatic rings. The number of ether oxygens (including phenoxy) is 3. The van der Waals surface area contributed by atoms with Gasteiger partial charge in [-0.15, -0.1) is 0 Å². The smallest absolute Gasteiger partial charge is 0.341 e. The Bertz CT molecular complexity index is 913. The van der Waals surface area contributed by atoms with E-state index in [1.165, 1.54) is 12.1 Å². The van der Waals surface area contributed by atoms with E-state index in [-0.39, 0.29) is 30.3 Å². The van der Waals surface area contributed by atoms with Gasteiger partial charge in [-0.3, -0.25) is 14.9 Å². The fourth-order valence-corrected chi connectivity index (χ4v) is 2.35. The average Bonchev–Trinajstić information content (AvgIpc) is 3.12. The van der Waals surface area contributed by atoms with Gasteiger partial charge in [0.05, 0.1) is 10.5 Å². The first-order valence-electron chi connectivity index (χ1n) is 7.80. The Balaban J connectivity index is 1.52. The highest BCUT2D eigenvalue weighted by Crippen LogP contribution is 2.32. The molecule has 0 fully saturated rings. The van der Waals surface area contributed by atoms with Gasteiger partial charge in [-0.25, -0.2) is 4.79 Å². The van der Waals surface area contributed by atoms with Gasteiger partial charge < -0.3 is 25.3 Å². The van der Waals surface area contributed by atoms with Crippen molar-refractivity contribution in [1.82, 2.24) is 5.32 Å². The number of rotatable bonds is 6. The van der Waals surface area contributed by atoms with E-state index < -0.39 is 23.4 Å². The minimum Gasteiger partial charge on any atom is -0.454 e. The van der Waals surface area contributed by atoms with E-state index in [2.05, 4.69) is 5.32 Å². The van der Waals surface area contributed by atoms with E-state index >= 15 is 0 Å². The van der Waals surface area contributed by atoms with Crippen molar-refractivity contribution in [2.24, 2.45) is 0 Å². The minimum absolute atomic E-state index is 0.0198.